The van der Waals surface area contributed by atoms with Gasteiger partial charge in [0.15, 0.2) is 22.4 Å². The van der Waals surface area contributed by atoms with Crippen molar-refractivity contribution < 1.29 is 22.7 Å². The summed E-state index contributed by atoms with van der Waals surface area (Å²) in [6, 6.07) is 18.0. The molecule has 204 valence electrons. The first-order valence-electron chi connectivity index (χ1n) is 12.3. The maximum absolute atomic E-state index is 13.5. The lowest BCUT2D eigenvalue weighted by molar-refractivity contribution is 0.102. The second kappa shape index (κ2) is 12.0. The van der Waals surface area contributed by atoms with Gasteiger partial charge in [-0.3, -0.25) is 14.2 Å². The number of thioether (sulfide) groups is 1. The number of sulfonamides is 1. The van der Waals surface area contributed by atoms with Gasteiger partial charge < -0.3 is 9.47 Å². The smallest absolute Gasteiger partial charge is 0.266 e. The number of hydrogen-bond donors (Lipinski definition) is 0. The molecular formula is C28H29N3O6S2. The van der Waals surface area contributed by atoms with Crippen LogP contribution >= 0.6 is 11.8 Å². The average Bonchev–Trinajstić information content (AvgIpc) is 2.96. The Morgan fingerprint density at radius 3 is 2.26 bits per heavy atom. The van der Waals surface area contributed by atoms with E-state index in [9.17, 15) is 18.0 Å². The molecule has 4 rings (SSSR count). The highest BCUT2D eigenvalue weighted by atomic mass is 32.2. The number of nitrogens with zero attached hydrogens (tertiary/aromatic N) is 3. The predicted molar refractivity (Wildman–Crippen MR) is 152 cm³/mol. The van der Waals surface area contributed by atoms with Crippen molar-refractivity contribution in [1.82, 2.24) is 13.9 Å². The summed E-state index contributed by atoms with van der Waals surface area (Å²) in [4.78, 5) is 31.4. The quantitative estimate of drug-likeness (QED) is 0.149. The Labute approximate surface area is 231 Å². The minimum absolute atomic E-state index is 0.0137. The van der Waals surface area contributed by atoms with E-state index in [1.807, 2.05) is 0 Å². The number of ether oxygens (including phenoxy) is 2. The Morgan fingerprint density at radius 1 is 0.949 bits per heavy atom. The standard InChI is InChI=1S/C28H29N3O6S2/c1-5-30(6-2)39(34,35)21-14-11-19(12-15-21)24(32)18-38-28-29-23-10-8-7-9-22(23)27(33)31(28)20-13-16-25(36-3)26(17-20)37-4/h7-17H,5-6,18H2,1-4H3. The van der Waals surface area contributed by atoms with Crippen LogP contribution in [0.3, 0.4) is 0 Å². The molecule has 0 aliphatic rings. The Morgan fingerprint density at radius 2 is 1.62 bits per heavy atom. The zero-order valence-electron chi connectivity index (χ0n) is 22.1. The molecule has 0 saturated heterocycles. The Bertz CT molecular complexity index is 1660. The molecule has 0 spiro atoms. The van der Waals surface area contributed by atoms with Crippen LogP contribution in [0.4, 0.5) is 0 Å². The second-order valence-corrected chi connectivity index (χ2v) is 11.3. The zero-order valence-corrected chi connectivity index (χ0v) is 23.7. The fraction of sp³-hybridized carbons (Fsp3) is 0.250. The first-order valence-corrected chi connectivity index (χ1v) is 14.7. The summed E-state index contributed by atoms with van der Waals surface area (Å²) in [5, 5.41) is 0.771. The number of benzene rings is 3. The molecule has 0 unspecified atom stereocenters. The van der Waals surface area contributed by atoms with Crippen LogP contribution in [-0.2, 0) is 10.0 Å². The highest BCUT2D eigenvalue weighted by molar-refractivity contribution is 7.99. The number of rotatable bonds is 11. The van der Waals surface area contributed by atoms with Crippen LogP contribution in [0.2, 0.25) is 0 Å². The van der Waals surface area contributed by atoms with E-state index in [1.165, 1.54) is 47.4 Å². The van der Waals surface area contributed by atoms with Crippen LogP contribution in [0.25, 0.3) is 16.6 Å². The van der Waals surface area contributed by atoms with Crippen molar-refractivity contribution in [3.8, 4) is 17.2 Å². The van der Waals surface area contributed by atoms with E-state index < -0.39 is 10.0 Å². The molecule has 4 aromatic rings. The summed E-state index contributed by atoms with van der Waals surface area (Å²) in [5.41, 5.74) is 1.10. The average molecular weight is 568 g/mol. The van der Waals surface area contributed by atoms with Crippen molar-refractivity contribution in [1.29, 1.82) is 0 Å². The highest BCUT2D eigenvalue weighted by Gasteiger charge is 2.22. The van der Waals surface area contributed by atoms with E-state index in [0.717, 1.165) is 11.8 Å². The van der Waals surface area contributed by atoms with E-state index in [2.05, 4.69) is 4.98 Å². The van der Waals surface area contributed by atoms with Gasteiger partial charge in [-0.25, -0.2) is 13.4 Å². The molecule has 1 heterocycles. The van der Waals surface area contributed by atoms with Crippen molar-refractivity contribution in [2.45, 2.75) is 23.9 Å². The van der Waals surface area contributed by atoms with Crippen LogP contribution < -0.4 is 15.0 Å². The minimum Gasteiger partial charge on any atom is -0.493 e. The largest absolute Gasteiger partial charge is 0.493 e. The predicted octanol–water partition coefficient (Wildman–Crippen LogP) is 4.41. The van der Waals surface area contributed by atoms with Crippen LogP contribution in [0.1, 0.15) is 24.2 Å². The summed E-state index contributed by atoms with van der Waals surface area (Å²) in [5.74, 6) is 0.717. The van der Waals surface area contributed by atoms with Gasteiger partial charge in [-0.05, 0) is 36.4 Å². The number of carbonyl (C=O) groups excluding carboxylic acids is 1. The van der Waals surface area contributed by atoms with Gasteiger partial charge in [0.05, 0.1) is 41.5 Å². The Balaban J connectivity index is 1.67. The molecule has 0 fully saturated rings. The third-order valence-corrected chi connectivity index (χ3v) is 9.22. The summed E-state index contributed by atoms with van der Waals surface area (Å²) < 4.78 is 39.1. The van der Waals surface area contributed by atoms with E-state index in [1.54, 1.807) is 56.3 Å². The summed E-state index contributed by atoms with van der Waals surface area (Å²) in [6.07, 6.45) is 0. The topological polar surface area (TPSA) is 108 Å². The van der Waals surface area contributed by atoms with Gasteiger partial charge in [0.25, 0.3) is 5.56 Å². The zero-order chi connectivity index (χ0) is 28.2. The van der Waals surface area contributed by atoms with Crippen molar-refractivity contribution in [2.24, 2.45) is 0 Å². The maximum Gasteiger partial charge on any atom is 0.266 e. The molecule has 0 atom stereocenters. The molecule has 0 saturated carbocycles. The summed E-state index contributed by atoms with van der Waals surface area (Å²) >= 11 is 1.12. The molecule has 0 amide bonds. The summed E-state index contributed by atoms with van der Waals surface area (Å²) in [6.45, 7) is 4.27. The number of aromatic nitrogens is 2. The van der Waals surface area contributed by atoms with E-state index >= 15 is 0 Å². The molecule has 0 radical (unpaired) electrons. The molecule has 1 aromatic heterocycles. The lowest BCUT2D eigenvalue weighted by Gasteiger charge is -2.18. The van der Waals surface area contributed by atoms with Crippen LogP contribution in [0, 0.1) is 0 Å². The number of Topliss-reactive ketones (excluding diaryl/α,β-unsaturated/α-hetero) is 1. The second-order valence-electron chi connectivity index (χ2n) is 8.42. The molecule has 9 nitrogen and oxygen atoms in total. The number of para-hydroxylation sites is 1. The maximum atomic E-state index is 13.5. The van der Waals surface area contributed by atoms with Crippen molar-refractivity contribution in [3.05, 3.63) is 82.6 Å². The first-order chi connectivity index (χ1) is 18.7. The molecule has 39 heavy (non-hydrogen) atoms. The fourth-order valence-corrected chi connectivity index (χ4v) is 6.50. The highest BCUT2D eigenvalue weighted by Crippen LogP contribution is 2.31. The van der Waals surface area contributed by atoms with Crippen molar-refractivity contribution >= 4 is 38.5 Å². The van der Waals surface area contributed by atoms with Gasteiger partial charge in [0, 0.05) is 24.7 Å². The number of carbonyl (C=O) groups is 1. The molecule has 3 aromatic carbocycles. The van der Waals surface area contributed by atoms with E-state index in [4.69, 9.17) is 9.47 Å². The number of fused-ring (bicyclic) bond motifs is 1. The van der Waals surface area contributed by atoms with Crippen molar-refractivity contribution in [2.75, 3.05) is 33.1 Å². The first kappa shape index (κ1) is 28.3. The van der Waals surface area contributed by atoms with Gasteiger partial charge >= 0.3 is 0 Å². The number of hydrogen-bond acceptors (Lipinski definition) is 8. The van der Waals surface area contributed by atoms with E-state index in [-0.39, 0.29) is 22.0 Å². The molecule has 0 N–H and O–H groups in total. The van der Waals surface area contributed by atoms with E-state index in [0.29, 0.717) is 51.9 Å². The molecule has 0 bridgehead atoms. The Hall–Kier alpha value is -3.67. The van der Waals surface area contributed by atoms with Crippen LogP contribution in [-0.4, -0.2) is 61.1 Å². The van der Waals surface area contributed by atoms with Gasteiger partial charge in [0.1, 0.15) is 0 Å². The molecule has 0 aliphatic heterocycles. The fourth-order valence-electron chi connectivity index (χ4n) is 4.14. The van der Waals surface area contributed by atoms with Crippen LogP contribution in [0.5, 0.6) is 11.5 Å². The lowest BCUT2D eigenvalue weighted by Crippen LogP contribution is -2.30. The third kappa shape index (κ3) is 5.70. The van der Waals surface area contributed by atoms with Crippen LogP contribution in [0.15, 0.2) is 81.6 Å². The Kier molecular flexibility index (Phi) is 8.73. The summed E-state index contributed by atoms with van der Waals surface area (Å²) in [7, 11) is -0.585. The van der Waals surface area contributed by atoms with Gasteiger partial charge in [-0.2, -0.15) is 4.31 Å². The molecule has 0 aliphatic carbocycles. The van der Waals surface area contributed by atoms with Gasteiger partial charge in [-0.1, -0.05) is 49.9 Å². The molecular weight excluding hydrogens is 538 g/mol. The van der Waals surface area contributed by atoms with Crippen molar-refractivity contribution in [3.63, 3.8) is 0 Å². The lowest BCUT2D eigenvalue weighted by atomic mass is 10.1. The normalized spacial score (nSPS) is 11.6. The SMILES string of the molecule is CCN(CC)S(=O)(=O)c1ccc(C(=O)CSc2nc3ccccc3c(=O)n2-c2ccc(OC)c(OC)c2)cc1. The minimum atomic E-state index is -3.62. The van der Waals surface area contributed by atoms with Gasteiger partial charge in [0.2, 0.25) is 10.0 Å². The number of ketones is 1. The monoisotopic (exact) mass is 567 g/mol. The number of methoxy groups -OCH3 is 2. The van der Waals surface area contributed by atoms with Gasteiger partial charge in [-0.15, -0.1) is 0 Å². The molecule has 11 heteroatoms. The third-order valence-electron chi connectivity index (χ3n) is 6.22.